The standard InChI is InChI=1S/C3H8FNO2S/c4-2-1-3-8(5,6)7/h1-3H2,(H2,5,6,7). The molecule has 2 N–H and O–H groups in total. The molecule has 0 aromatic heterocycles. The van der Waals surface area contributed by atoms with Crippen LogP contribution in [-0.2, 0) is 10.0 Å². The van der Waals surface area contributed by atoms with Crippen LogP contribution in [0, 0.1) is 0 Å². The molecule has 0 aromatic rings. The molecule has 0 bridgehead atoms. The van der Waals surface area contributed by atoms with Gasteiger partial charge in [-0.1, -0.05) is 0 Å². The Kier molecular flexibility index (Phi) is 2.93. The van der Waals surface area contributed by atoms with Crippen LogP contribution in [0.25, 0.3) is 0 Å². The molecule has 0 amide bonds. The molecule has 0 radical (unpaired) electrons. The lowest BCUT2D eigenvalue weighted by atomic mass is 10.6. The second-order valence-electron chi connectivity index (χ2n) is 1.41. The molecule has 0 aromatic carbocycles. The summed E-state index contributed by atoms with van der Waals surface area (Å²) in [5.41, 5.74) is 0. The van der Waals surface area contributed by atoms with Gasteiger partial charge < -0.3 is 0 Å². The van der Waals surface area contributed by atoms with Crippen LogP contribution in [0.2, 0.25) is 0 Å². The summed E-state index contributed by atoms with van der Waals surface area (Å²) < 4.78 is 31.2. The van der Waals surface area contributed by atoms with Crippen LogP contribution in [0.1, 0.15) is 6.42 Å². The van der Waals surface area contributed by atoms with Gasteiger partial charge in [-0.05, 0) is 6.42 Å². The fraction of sp³-hybridized carbons (Fsp3) is 1.00. The third-order valence-corrected chi connectivity index (χ3v) is 1.42. The zero-order valence-electron chi connectivity index (χ0n) is 4.30. The van der Waals surface area contributed by atoms with Crippen molar-refractivity contribution in [1.29, 1.82) is 0 Å². The maximum atomic E-state index is 11.2. The first-order valence-electron chi connectivity index (χ1n) is 2.12. The van der Waals surface area contributed by atoms with Crippen molar-refractivity contribution < 1.29 is 12.8 Å². The van der Waals surface area contributed by atoms with Crippen LogP contribution in [0.15, 0.2) is 0 Å². The van der Waals surface area contributed by atoms with Crippen molar-refractivity contribution in [1.82, 2.24) is 0 Å². The fourth-order valence-corrected chi connectivity index (χ4v) is 0.767. The Labute approximate surface area is 47.7 Å². The third-order valence-electron chi connectivity index (χ3n) is 0.562. The van der Waals surface area contributed by atoms with E-state index in [9.17, 15) is 12.8 Å². The van der Waals surface area contributed by atoms with Gasteiger partial charge in [0.2, 0.25) is 10.0 Å². The molecule has 0 rings (SSSR count). The van der Waals surface area contributed by atoms with E-state index in [0.29, 0.717) is 0 Å². The molecule has 3 nitrogen and oxygen atoms in total. The summed E-state index contributed by atoms with van der Waals surface area (Å²) in [6, 6.07) is 0. The van der Waals surface area contributed by atoms with E-state index >= 15 is 0 Å². The Balaban J connectivity index is 3.42. The highest BCUT2D eigenvalue weighted by Crippen LogP contribution is 1.84. The summed E-state index contributed by atoms with van der Waals surface area (Å²) in [5, 5.41) is 4.53. The maximum Gasteiger partial charge on any atom is 0.209 e. The SMILES string of the molecule is NS(=O)(=O)CCCF. The summed E-state index contributed by atoms with van der Waals surface area (Å²) >= 11 is 0. The van der Waals surface area contributed by atoms with Gasteiger partial charge in [0.15, 0.2) is 0 Å². The molecule has 0 aliphatic rings. The van der Waals surface area contributed by atoms with E-state index in [4.69, 9.17) is 0 Å². The second kappa shape index (κ2) is 2.99. The highest BCUT2D eigenvalue weighted by Gasteiger charge is 1.99. The molecule has 0 spiro atoms. The average Bonchev–Trinajstić information content (AvgIpc) is 1.59. The van der Waals surface area contributed by atoms with Gasteiger partial charge in [-0.25, -0.2) is 13.6 Å². The minimum atomic E-state index is -3.43. The largest absolute Gasteiger partial charge is 0.251 e. The Morgan fingerprint density at radius 2 is 2.00 bits per heavy atom. The van der Waals surface area contributed by atoms with E-state index in [-0.39, 0.29) is 12.2 Å². The molecule has 0 atom stereocenters. The molecule has 8 heavy (non-hydrogen) atoms. The molecule has 0 aliphatic heterocycles. The Morgan fingerprint density at radius 3 is 2.12 bits per heavy atom. The van der Waals surface area contributed by atoms with Crippen molar-refractivity contribution in [3.63, 3.8) is 0 Å². The van der Waals surface area contributed by atoms with Gasteiger partial charge in [-0.3, -0.25) is 4.39 Å². The predicted octanol–water partition coefficient (Wildman–Crippen LogP) is -0.365. The minimum absolute atomic E-state index is 0.00116. The van der Waals surface area contributed by atoms with Crippen molar-refractivity contribution >= 4 is 10.0 Å². The number of alkyl halides is 1. The lowest BCUT2D eigenvalue weighted by Gasteiger charge is -1.89. The summed E-state index contributed by atoms with van der Waals surface area (Å²) in [7, 11) is -3.43. The van der Waals surface area contributed by atoms with Crippen LogP contribution < -0.4 is 5.14 Å². The van der Waals surface area contributed by atoms with Crippen LogP contribution in [0.5, 0.6) is 0 Å². The van der Waals surface area contributed by atoms with E-state index in [1.54, 1.807) is 0 Å². The van der Waals surface area contributed by atoms with Crippen molar-refractivity contribution in [2.75, 3.05) is 12.4 Å². The number of hydrogen-bond donors (Lipinski definition) is 1. The molecule has 0 heterocycles. The topological polar surface area (TPSA) is 60.2 Å². The lowest BCUT2D eigenvalue weighted by Crippen LogP contribution is -2.16. The van der Waals surface area contributed by atoms with Gasteiger partial charge in [0.1, 0.15) is 0 Å². The normalized spacial score (nSPS) is 11.8. The van der Waals surface area contributed by atoms with Gasteiger partial charge in [-0.15, -0.1) is 0 Å². The minimum Gasteiger partial charge on any atom is -0.251 e. The summed E-state index contributed by atoms with van der Waals surface area (Å²) in [5.74, 6) is -0.260. The quantitative estimate of drug-likeness (QED) is 0.583. The van der Waals surface area contributed by atoms with Crippen LogP contribution in [-0.4, -0.2) is 20.8 Å². The molecule has 50 valence electrons. The van der Waals surface area contributed by atoms with Gasteiger partial charge in [0, 0.05) is 0 Å². The molecule has 0 aliphatic carbocycles. The van der Waals surface area contributed by atoms with Gasteiger partial charge in [-0.2, -0.15) is 0 Å². The highest BCUT2D eigenvalue weighted by molar-refractivity contribution is 7.89. The lowest BCUT2D eigenvalue weighted by molar-refractivity contribution is 0.484. The Morgan fingerprint density at radius 1 is 1.50 bits per heavy atom. The van der Waals surface area contributed by atoms with Gasteiger partial charge in [0.05, 0.1) is 12.4 Å². The van der Waals surface area contributed by atoms with Crippen molar-refractivity contribution in [2.45, 2.75) is 6.42 Å². The summed E-state index contributed by atoms with van der Waals surface area (Å²) in [4.78, 5) is 0. The molecular weight excluding hydrogens is 133 g/mol. The summed E-state index contributed by atoms with van der Waals surface area (Å²) in [6.45, 7) is -0.629. The smallest absolute Gasteiger partial charge is 0.209 e. The maximum absolute atomic E-state index is 11.2. The van der Waals surface area contributed by atoms with Crippen molar-refractivity contribution in [3.05, 3.63) is 0 Å². The van der Waals surface area contributed by atoms with E-state index in [0.717, 1.165) is 0 Å². The van der Waals surface area contributed by atoms with Gasteiger partial charge >= 0.3 is 0 Å². The molecule has 0 saturated carbocycles. The molecule has 0 saturated heterocycles. The zero-order valence-corrected chi connectivity index (χ0v) is 5.12. The van der Waals surface area contributed by atoms with E-state index in [1.165, 1.54) is 0 Å². The predicted molar refractivity (Wildman–Crippen MR) is 28.6 cm³/mol. The van der Waals surface area contributed by atoms with E-state index < -0.39 is 16.7 Å². The number of nitrogens with two attached hydrogens (primary N) is 1. The third kappa shape index (κ3) is 5.84. The highest BCUT2D eigenvalue weighted by atomic mass is 32.2. The first-order chi connectivity index (χ1) is 3.56. The molecule has 5 heteroatoms. The molecular formula is C3H8FNO2S. The van der Waals surface area contributed by atoms with Crippen LogP contribution in [0.3, 0.4) is 0 Å². The van der Waals surface area contributed by atoms with Crippen molar-refractivity contribution in [3.8, 4) is 0 Å². The first kappa shape index (κ1) is 7.84. The van der Waals surface area contributed by atoms with Crippen LogP contribution in [0.4, 0.5) is 4.39 Å². The molecule has 0 fully saturated rings. The second-order valence-corrected chi connectivity index (χ2v) is 3.14. The first-order valence-corrected chi connectivity index (χ1v) is 3.84. The summed E-state index contributed by atoms with van der Waals surface area (Å²) in [6.07, 6.45) is -0.00116. The van der Waals surface area contributed by atoms with Crippen molar-refractivity contribution in [2.24, 2.45) is 5.14 Å². The van der Waals surface area contributed by atoms with Gasteiger partial charge in [0.25, 0.3) is 0 Å². The Bertz CT molecular complexity index is 141. The van der Waals surface area contributed by atoms with E-state index in [1.807, 2.05) is 0 Å². The number of hydrogen-bond acceptors (Lipinski definition) is 2. The Hall–Kier alpha value is -0.160. The monoisotopic (exact) mass is 141 g/mol. The van der Waals surface area contributed by atoms with E-state index in [2.05, 4.69) is 5.14 Å². The number of primary sulfonamides is 1. The zero-order chi connectivity index (χ0) is 6.62. The number of sulfonamides is 1. The molecule has 0 unspecified atom stereocenters. The average molecular weight is 141 g/mol. The fourth-order valence-electron chi connectivity index (χ4n) is 0.256. The number of rotatable bonds is 3. The number of halogens is 1. The van der Waals surface area contributed by atoms with Crippen LogP contribution >= 0.6 is 0 Å².